The second-order valence-corrected chi connectivity index (χ2v) is 5.49. The topological polar surface area (TPSA) is 20.2 Å². The van der Waals surface area contributed by atoms with E-state index in [-0.39, 0.29) is 11.4 Å². The van der Waals surface area contributed by atoms with E-state index in [0.717, 1.165) is 0 Å². The molecule has 0 aliphatic heterocycles. The summed E-state index contributed by atoms with van der Waals surface area (Å²) in [6.07, 6.45) is -0.725. The van der Waals surface area contributed by atoms with Crippen LogP contribution in [-0.2, 0) is 6.42 Å². The summed E-state index contributed by atoms with van der Waals surface area (Å²) in [6, 6.07) is 8.50. The van der Waals surface area contributed by atoms with Gasteiger partial charge >= 0.3 is 0 Å². The average molecular weight is 348 g/mol. The molecule has 1 N–H and O–H groups in total. The Morgan fingerprint density at radius 2 is 1.89 bits per heavy atom. The first kappa shape index (κ1) is 14.4. The lowest BCUT2D eigenvalue weighted by Gasteiger charge is -2.12. The lowest BCUT2D eigenvalue weighted by Crippen LogP contribution is -2.03. The maximum absolute atomic E-state index is 13.3. The summed E-state index contributed by atoms with van der Waals surface area (Å²) < 4.78 is 27.1. The highest BCUT2D eigenvalue weighted by Gasteiger charge is 2.12. The van der Waals surface area contributed by atoms with Gasteiger partial charge in [0.15, 0.2) is 0 Å². The monoisotopic (exact) mass is 346 g/mol. The van der Waals surface area contributed by atoms with Gasteiger partial charge in [0.1, 0.15) is 11.6 Å². The van der Waals surface area contributed by atoms with Crippen LogP contribution in [0, 0.1) is 11.6 Å². The van der Waals surface area contributed by atoms with Crippen LogP contribution in [0.1, 0.15) is 17.2 Å². The summed E-state index contributed by atoms with van der Waals surface area (Å²) in [5.41, 5.74) is 1.03. The van der Waals surface area contributed by atoms with E-state index in [1.807, 2.05) is 0 Å². The highest BCUT2D eigenvalue weighted by Crippen LogP contribution is 2.24. The van der Waals surface area contributed by atoms with Gasteiger partial charge in [-0.25, -0.2) is 8.78 Å². The minimum absolute atomic E-state index is 0.0340. The summed E-state index contributed by atoms with van der Waals surface area (Å²) in [6.45, 7) is 0. The number of benzene rings is 2. The molecule has 1 unspecified atom stereocenters. The largest absolute Gasteiger partial charge is 0.388 e. The smallest absolute Gasteiger partial charge is 0.142 e. The summed E-state index contributed by atoms with van der Waals surface area (Å²) in [5, 5.41) is 10.1. The van der Waals surface area contributed by atoms with E-state index in [1.54, 1.807) is 12.1 Å². The van der Waals surface area contributed by atoms with Crippen LogP contribution >= 0.6 is 27.5 Å². The fourth-order valence-corrected chi connectivity index (χ4v) is 2.38. The Morgan fingerprint density at radius 1 is 1.16 bits per heavy atom. The van der Waals surface area contributed by atoms with Gasteiger partial charge in [-0.15, -0.1) is 0 Å². The molecule has 1 atom stereocenters. The Morgan fingerprint density at radius 3 is 2.53 bits per heavy atom. The molecule has 0 heterocycles. The van der Waals surface area contributed by atoms with Gasteiger partial charge in [-0.1, -0.05) is 33.6 Å². The van der Waals surface area contributed by atoms with Crippen molar-refractivity contribution < 1.29 is 13.9 Å². The van der Waals surface area contributed by atoms with Crippen molar-refractivity contribution in [3.05, 3.63) is 68.7 Å². The van der Waals surface area contributed by atoms with Gasteiger partial charge in [0.05, 0.1) is 11.1 Å². The first-order valence-electron chi connectivity index (χ1n) is 5.53. The zero-order valence-corrected chi connectivity index (χ0v) is 12.0. The van der Waals surface area contributed by atoms with Crippen LogP contribution in [0.2, 0.25) is 5.02 Å². The molecule has 19 heavy (non-hydrogen) atoms. The molecule has 2 rings (SSSR count). The fourth-order valence-electron chi connectivity index (χ4n) is 1.78. The molecule has 0 saturated heterocycles. The van der Waals surface area contributed by atoms with E-state index in [9.17, 15) is 13.9 Å². The van der Waals surface area contributed by atoms with Crippen LogP contribution in [0.5, 0.6) is 0 Å². The lowest BCUT2D eigenvalue weighted by atomic mass is 10.0. The molecule has 0 spiro atoms. The highest BCUT2D eigenvalue weighted by atomic mass is 79.9. The minimum atomic E-state index is -0.910. The maximum Gasteiger partial charge on any atom is 0.142 e. The zero-order valence-electron chi connectivity index (χ0n) is 9.71. The molecule has 2 aromatic carbocycles. The number of aliphatic hydroxyl groups excluding tert-OH is 1. The Bertz CT molecular complexity index is 584. The molecule has 0 aromatic heterocycles. The SMILES string of the molecule is OC(Cc1ccc(Cl)c(F)c1)c1cc(F)cc(Br)c1. The Hall–Kier alpha value is -0.970. The van der Waals surface area contributed by atoms with Gasteiger partial charge in [-0.2, -0.15) is 0 Å². The number of halogens is 4. The van der Waals surface area contributed by atoms with Crippen LogP contribution in [-0.4, -0.2) is 5.11 Å². The fraction of sp³-hybridized carbons (Fsp3) is 0.143. The second kappa shape index (κ2) is 5.99. The lowest BCUT2D eigenvalue weighted by molar-refractivity contribution is 0.178. The Balaban J connectivity index is 2.20. The van der Waals surface area contributed by atoms with E-state index in [2.05, 4.69) is 15.9 Å². The predicted molar refractivity (Wildman–Crippen MR) is 74.2 cm³/mol. The van der Waals surface area contributed by atoms with Crippen LogP contribution < -0.4 is 0 Å². The highest BCUT2D eigenvalue weighted by molar-refractivity contribution is 9.10. The van der Waals surface area contributed by atoms with Crippen LogP contribution in [0.15, 0.2) is 40.9 Å². The zero-order chi connectivity index (χ0) is 14.0. The van der Waals surface area contributed by atoms with Crippen LogP contribution in [0.4, 0.5) is 8.78 Å². The molecular weight excluding hydrogens is 338 g/mol. The summed E-state index contributed by atoms with van der Waals surface area (Å²) >= 11 is 8.74. The van der Waals surface area contributed by atoms with E-state index in [4.69, 9.17) is 11.6 Å². The molecule has 0 radical (unpaired) electrons. The molecule has 5 heteroatoms. The van der Waals surface area contributed by atoms with Crippen molar-refractivity contribution in [1.29, 1.82) is 0 Å². The summed E-state index contributed by atoms with van der Waals surface area (Å²) in [4.78, 5) is 0. The second-order valence-electron chi connectivity index (χ2n) is 4.17. The van der Waals surface area contributed by atoms with Gasteiger partial charge in [-0.05, 0) is 41.5 Å². The number of aliphatic hydroxyl groups is 1. The normalized spacial score (nSPS) is 12.5. The number of hydrogen-bond donors (Lipinski definition) is 1. The molecular formula is C14H10BrClF2O. The van der Waals surface area contributed by atoms with Crippen molar-refractivity contribution in [3.63, 3.8) is 0 Å². The van der Waals surface area contributed by atoms with Crippen LogP contribution in [0.25, 0.3) is 0 Å². The molecule has 0 amide bonds. The van der Waals surface area contributed by atoms with E-state index < -0.39 is 17.7 Å². The first-order valence-corrected chi connectivity index (χ1v) is 6.71. The maximum atomic E-state index is 13.3. The van der Waals surface area contributed by atoms with Crippen LogP contribution in [0.3, 0.4) is 0 Å². The van der Waals surface area contributed by atoms with Crippen molar-refractivity contribution in [2.24, 2.45) is 0 Å². The molecule has 0 aliphatic carbocycles. The van der Waals surface area contributed by atoms with Gasteiger partial charge in [0.2, 0.25) is 0 Å². The first-order chi connectivity index (χ1) is 8.95. The average Bonchev–Trinajstić information content (AvgIpc) is 2.32. The molecule has 0 aliphatic rings. The van der Waals surface area contributed by atoms with E-state index in [0.29, 0.717) is 15.6 Å². The minimum Gasteiger partial charge on any atom is -0.388 e. The van der Waals surface area contributed by atoms with Gasteiger partial charge < -0.3 is 5.11 Å². The van der Waals surface area contributed by atoms with Gasteiger partial charge in [-0.3, -0.25) is 0 Å². The third kappa shape index (κ3) is 3.75. The summed E-state index contributed by atoms with van der Waals surface area (Å²) in [5.74, 6) is -0.975. The third-order valence-electron chi connectivity index (χ3n) is 2.68. The summed E-state index contributed by atoms with van der Waals surface area (Å²) in [7, 11) is 0. The molecule has 2 aromatic rings. The Labute approximate surface area is 123 Å². The van der Waals surface area contributed by atoms with E-state index >= 15 is 0 Å². The van der Waals surface area contributed by atoms with Crippen molar-refractivity contribution in [2.75, 3.05) is 0 Å². The van der Waals surface area contributed by atoms with E-state index in [1.165, 1.54) is 24.3 Å². The van der Waals surface area contributed by atoms with Gasteiger partial charge in [0.25, 0.3) is 0 Å². The standard InChI is InChI=1S/C14H10BrClF2O/c15-10-5-9(6-11(17)7-10)14(19)4-8-1-2-12(16)13(18)3-8/h1-3,5-7,14,19H,4H2. The van der Waals surface area contributed by atoms with Gasteiger partial charge in [0, 0.05) is 10.9 Å². The van der Waals surface area contributed by atoms with Crippen molar-refractivity contribution in [1.82, 2.24) is 0 Å². The molecule has 1 nitrogen and oxygen atoms in total. The molecule has 0 saturated carbocycles. The van der Waals surface area contributed by atoms with Crippen molar-refractivity contribution in [2.45, 2.75) is 12.5 Å². The quantitative estimate of drug-likeness (QED) is 0.856. The third-order valence-corrected chi connectivity index (χ3v) is 3.45. The molecule has 100 valence electrons. The Kier molecular flexibility index (Phi) is 4.55. The number of hydrogen-bond acceptors (Lipinski definition) is 1. The van der Waals surface area contributed by atoms with Crippen molar-refractivity contribution in [3.8, 4) is 0 Å². The molecule has 0 bridgehead atoms. The molecule has 0 fully saturated rings. The number of rotatable bonds is 3. The predicted octanol–water partition coefficient (Wildman–Crippen LogP) is 4.66. The van der Waals surface area contributed by atoms with Crippen molar-refractivity contribution >= 4 is 27.5 Å².